The molecular formula is C29H28Cl2N10O. The molecule has 0 radical (unpaired) electrons. The molecule has 9 N–H and O–H groups in total. The first-order chi connectivity index (χ1) is 20.2. The van der Waals surface area contributed by atoms with Crippen LogP contribution >= 0.6 is 23.2 Å². The third-order valence-electron chi connectivity index (χ3n) is 6.67. The van der Waals surface area contributed by atoms with E-state index in [0.29, 0.717) is 50.8 Å². The molecule has 1 amide bonds. The van der Waals surface area contributed by atoms with Gasteiger partial charge >= 0.3 is 0 Å². The summed E-state index contributed by atoms with van der Waals surface area (Å²) in [6, 6.07) is 20.0. The lowest BCUT2D eigenvalue weighted by molar-refractivity contribution is -0.117. The van der Waals surface area contributed by atoms with Crippen LogP contribution in [0.1, 0.15) is 29.9 Å². The predicted octanol–water partition coefficient (Wildman–Crippen LogP) is 4.93. The number of nitrogen functional groups attached to an aromatic ring is 1. The fourth-order valence-electron chi connectivity index (χ4n) is 4.65. The number of carbonyl (C=O) groups is 1. The second kappa shape index (κ2) is 12.4. The normalized spacial score (nSPS) is 12.6. The highest BCUT2D eigenvalue weighted by Gasteiger charge is 2.22. The third kappa shape index (κ3) is 6.23. The molecule has 0 aliphatic rings. The number of benzene rings is 3. The Kier molecular flexibility index (Phi) is 8.43. The maximum absolute atomic E-state index is 13.4. The number of allylic oxidation sites excluding steroid dienone is 1. The van der Waals surface area contributed by atoms with E-state index in [4.69, 9.17) is 45.6 Å². The summed E-state index contributed by atoms with van der Waals surface area (Å²) in [5.74, 6) is 11.9. The van der Waals surface area contributed by atoms with E-state index >= 15 is 0 Å². The second-order valence-electron chi connectivity index (χ2n) is 9.57. The first-order valence-corrected chi connectivity index (χ1v) is 13.6. The monoisotopic (exact) mass is 602 g/mol. The molecule has 0 spiro atoms. The van der Waals surface area contributed by atoms with Crippen molar-refractivity contribution in [1.82, 2.24) is 25.5 Å². The number of hydrogen-bond donors (Lipinski definition) is 6. The highest BCUT2D eigenvalue weighted by molar-refractivity contribution is 6.32. The van der Waals surface area contributed by atoms with Crippen LogP contribution in [0.3, 0.4) is 0 Å². The number of hydrazone groups is 1. The summed E-state index contributed by atoms with van der Waals surface area (Å²) in [6.07, 6.45) is 3.20. The number of hydrazine groups is 1. The van der Waals surface area contributed by atoms with Gasteiger partial charge in [0.15, 0.2) is 5.82 Å². The average molecular weight is 604 g/mol. The number of hydrogen-bond acceptors (Lipinski definition) is 7. The minimum atomic E-state index is -0.532. The molecule has 214 valence electrons. The molecule has 3 aromatic carbocycles. The number of nitrogens with zero attached hydrogens (tertiary/aromatic N) is 4. The van der Waals surface area contributed by atoms with Crippen LogP contribution in [-0.4, -0.2) is 32.4 Å². The van der Waals surface area contributed by atoms with Gasteiger partial charge in [0, 0.05) is 27.6 Å². The summed E-state index contributed by atoms with van der Waals surface area (Å²) in [5.41, 5.74) is 10.8. The zero-order valence-corrected chi connectivity index (χ0v) is 24.0. The maximum atomic E-state index is 13.4. The number of nitrogens with one attached hydrogen (secondary N) is 3. The van der Waals surface area contributed by atoms with Crippen LogP contribution in [0.15, 0.2) is 77.9 Å². The Morgan fingerprint density at radius 2 is 1.93 bits per heavy atom. The lowest BCUT2D eigenvalue weighted by atomic mass is 10.0. The van der Waals surface area contributed by atoms with Gasteiger partial charge in [0.2, 0.25) is 5.91 Å². The van der Waals surface area contributed by atoms with Crippen molar-refractivity contribution in [1.29, 1.82) is 0 Å². The summed E-state index contributed by atoms with van der Waals surface area (Å²) in [7, 11) is 0. The lowest BCUT2D eigenvalue weighted by Crippen LogP contribution is -2.31. The molecule has 0 fully saturated rings. The molecular weight excluding hydrogens is 575 g/mol. The van der Waals surface area contributed by atoms with Gasteiger partial charge in [0.25, 0.3) is 0 Å². The first-order valence-electron chi connectivity index (χ1n) is 12.8. The van der Waals surface area contributed by atoms with Gasteiger partial charge in [-0.15, -0.1) is 0 Å². The number of halogens is 2. The highest BCUT2D eigenvalue weighted by atomic mass is 35.5. The maximum Gasteiger partial charge on any atom is 0.244 e. The van der Waals surface area contributed by atoms with Crippen molar-refractivity contribution in [2.45, 2.75) is 19.4 Å². The number of imidazole rings is 1. The largest absolute Gasteiger partial charge is 0.382 e. The van der Waals surface area contributed by atoms with Crippen molar-refractivity contribution in [3.05, 3.63) is 99.9 Å². The average Bonchev–Trinajstić information content (AvgIpc) is 3.55. The molecule has 0 aliphatic heterocycles. The molecule has 2 heterocycles. The fourth-order valence-corrected chi connectivity index (χ4v) is 5.07. The van der Waals surface area contributed by atoms with Gasteiger partial charge in [-0.2, -0.15) is 10.2 Å². The molecule has 2 aromatic heterocycles. The molecule has 0 bridgehead atoms. The molecule has 0 aliphatic carbocycles. The molecule has 1 atom stereocenters. The third-order valence-corrected chi connectivity index (χ3v) is 7.18. The Balaban J connectivity index is 1.46. The number of aromatic nitrogens is 4. The number of aromatic amines is 2. The summed E-state index contributed by atoms with van der Waals surface area (Å²) in [6.45, 7) is 1.79. The molecule has 5 aromatic rings. The lowest BCUT2D eigenvalue weighted by Gasteiger charge is -2.19. The smallest absolute Gasteiger partial charge is 0.244 e. The topological polar surface area (TPSA) is 180 Å². The quantitative estimate of drug-likeness (QED) is 0.0454. The predicted molar refractivity (Wildman–Crippen MR) is 169 cm³/mol. The van der Waals surface area contributed by atoms with Gasteiger partial charge < -0.3 is 21.9 Å². The number of H-pyrrole nitrogens is 2. The van der Waals surface area contributed by atoms with Crippen molar-refractivity contribution in [3.63, 3.8) is 0 Å². The fraction of sp³-hybridized carbons (Fsp3) is 0.103. The Hall–Kier alpha value is -4.84. The molecule has 0 saturated heterocycles. The first kappa shape index (κ1) is 28.7. The Morgan fingerprint density at radius 1 is 1.14 bits per heavy atom. The second-order valence-corrected chi connectivity index (χ2v) is 10.4. The van der Waals surface area contributed by atoms with E-state index in [0.717, 1.165) is 22.0 Å². The minimum absolute atomic E-state index is 0.337. The summed E-state index contributed by atoms with van der Waals surface area (Å²) < 4.78 is 0. The summed E-state index contributed by atoms with van der Waals surface area (Å²) in [4.78, 5) is 21.3. The van der Waals surface area contributed by atoms with Crippen LogP contribution in [0.2, 0.25) is 10.2 Å². The summed E-state index contributed by atoms with van der Waals surface area (Å²) in [5, 5.41) is 16.4. The van der Waals surface area contributed by atoms with Crippen molar-refractivity contribution in [2.24, 2.45) is 16.8 Å². The number of amides is 1. The standard InChI is InChI=1S/C29H28Cl2N10O/c1-16(21-14-19(30)8-10-24(21)41(34)15-35-33)11-25(42)36-23(12-17-5-3-2-4-6-17)29-37-26(27(31)38-29)18-7-9-20-22(13-18)39-40-28(20)32/h2-11,13-15,23H,12,33-34H2,1H3,(H,36,42)(H,37,38)(H3,32,39,40)/b16-11+,35-15-/t23-/m0/s1. The van der Waals surface area contributed by atoms with Gasteiger partial charge in [-0.05, 0) is 54.8 Å². The number of nitrogens with two attached hydrogens (primary N) is 3. The van der Waals surface area contributed by atoms with Crippen molar-refractivity contribution >= 4 is 63.4 Å². The van der Waals surface area contributed by atoms with Crippen LogP contribution in [0, 0.1) is 0 Å². The molecule has 5 rings (SSSR count). The zero-order valence-electron chi connectivity index (χ0n) is 22.5. The zero-order chi connectivity index (χ0) is 29.8. The Labute approximate surface area is 251 Å². The number of anilines is 2. The van der Waals surface area contributed by atoms with E-state index in [1.807, 2.05) is 48.5 Å². The number of rotatable bonds is 9. The van der Waals surface area contributed by atoms with Crippen molar-refractivity contribution in [3.8, 4) is 11.3 Å². The van der Waals surface area contributed by atoms with E-state index in [1.54, 1.807) is 25.1 Å². The molecule has 11 nitrogen and oxygen atoms in total. The van der Waals surface area contributed by atoms with E-state index < -0.39 is 6.04 Å². The number of fused-ring (bicyclic) bond motifs is 1. The highest BCUT2D eigenvalue weighted by Crippen LogP contribution is 2.32. The van der Waals surface area contributed by atoms with E-state index in [1.165, 1.54) is 17.4 Å². The minimum Gasteiger partial charge on any atom is -0.382 e. The van der Waals surface area contributed by atoms with Crippen LogP contribution in [0.25, 0.3) is 27.7 Å². The molecule has 0 unspecified atom stereocenters. The van der Waals surface area contributed by atoms with Gasteiger partial charge in [0.1, 0.15) is 23.0 Å². The van der Waals surface area contributed by atoms with Crippen LogP contribution in [-0.2, 0) is 11.2 Å². The van der Waals surface area contributed by atoms with Crippen LogP contribution in [0.4, 0.5) is 11.5 Å². The van der Waals surface area contributed by atoms with E-state index in [-0.39, 0.29) is 5.91 Å². The number of carbonyl (C=O) groups excluding carboxylic acids is 1. The van der Waals surface area contributed by atoms with Gasteiger partial charge in [0.05, 0.1) is 17.2 Å². The van der Waals surface area contributed by atoms with Gasteiger partial charge in [-0.1, -0.05) is 59.6 Å². The van der Waals surface area contributed by atoms with Crippen molar-refractivity contribution in [2.75, 3.05) is 10.7 Å². The SMILES string of the molecule is C/C(=C\C(=O)N[C@@H](Cc1ccccc1)c1nc(-c2ccc3c(N)n[nH]c3c2)c(Cl)[nH]1)c1cc(Cl)ccc1N(N)/C=N\N. The summed E-state index contributed by atoms with van der Waals surface area (Å²) >= 11 is 12.9. The van der Waals surface area contributed by atoms with Gasteiger partial charge in [-0.25, -0.2) is 10.8 Å². The van der Waals surface area contributed by atoms with Crippen molar-refractivity contribution < 1.29 is 4.79 Å². The van der Waals surface area contributed by atoms with E-state index in [2.05, 4.69) is 25.6 Å². The van der Waals surface area contributed by atoms with Crippen LogP contribution in [0.5, 0.6) is 0 Å². The van der Waals surface area contributed by atoms with Gasteiger partial charge in [-0.3, -0.25) is 14.9 Å². The Morgan fingerprint density at radius 3 is 2.69 bits per heavy atom. The molecule has 0 saturated carbocycles. The van der Waals surface area contributed by atoms with E-state index in [9.17, 15) is 4.79 Å². The molecule has 13 heteroatoms. The molecule has 42 heavy (non-hydrogen) atoms. The van der Waals surface area contributed by atoms with Crippen LogP contribution < -0.4 is 27.7 Å². The Bertz CT molecular complexity index is 1800.